The molecule has 0 spiro atoms. The fraction of sp³-hybridized carbons (Fsp3) is 0.296. The summed E-state index contributed by atoms with van der Waals surface area (Å²) in [6.45, 7) is 2.23. The maximum absolute atomic E-state index is 13.2. The van der Waals surface area contributed by atoms with Crippen LogP contribution < -0.4 is 20.7 Å². The highest BCUT2D eigenvalue weighted by Crippen LogP contribution is 2.34. The summed E-state index contributed by atoms with van der Waals surface area (Å²) in [6.07, 6.45) is 7.50. The van der Waals surface area contributed by atoms with Crippen molar-refractivity contribution in [2.45, 2.75) is 30.8 Å². The molecule has 0 aliphatic carbocycles. The molecule has 6 rings (SSSR count). The summed E-state index contributed by atoms with van der Waals surface area (Å²) in [4.78, 5) is 26.6. The Labute approximate surface area is 214 Å². The summed E-state index contributed by atoms with van der Waals surface area (Å²) < 4.78 is 5.68. The quantitative estimate of drug-likeness (QED) is 0.320. The fourth-order valence-corrected chi connectivity index (χ4v) is 4.99. The van der Waals surface area contributed by atoms with E-state index < -0.39 is 5.54 Å². The van der Waals surface area contributed by atoms with Crippen LogP contribution in [0.4, 0.5) is 5.69 Å². The molecule has 2 aliphatic heterocycles. The number of pyridine rings is 2. The largest absolute Gasteiger partial charge is 0.491 e. The molecule has 0 bridgehead atoms. The van der Waals surface area contributed by atoms with Crippen LogP contribution in [0, 0.1) is 0 Å². The molecule has 0 unspecified atom stereocenters. The summed E-state index contributed by atoms with van der Waals surface area (Å²) >= 11 is 0. The zero-order valence-electron chi connectivity index (χ0n) is 20.3. The average Bonchev–Trinajstić information content (AvgIpc) is 3.46. The maximum atomic E-state index is 13.2. The van der Waals surface area contributed by atoms with Crippen molar-refractivity contribution in [2.75, 3.05) is 25.0 Å². The first-order valence-electron chi connectivity index (χ1n) is 12.5. The topological polar surface area (TPSA) is 130 Å². The van der Waals surface area contributed by atoms with E-state index in [1.807, 2.05) is 48.5 Å². The first kappa shape index (κ1) is 23.1. The van der Waals surface area contributed by atoms with Gasteiger partial charge in [0.2, 0.25) is 0 Å². The van der Waals surface area contributed by atoms with Gasteiger partial charge in [-0.05, 0) is 68.4 Å². The van der Waals surface area contributed by atoms with Crippen LogP contribution in [-0.2, 0) is 5.54 Å². The van der Waals surface area contributed by atoms with Gasteiger partial charge in [-0.15, -0.1) is 0 Å². The highest BCUT2D eigenvalue weighted by atomic mass is 16.5. The van der Waals surface area contributed by atoms with Crippen molar-refractivity contribution in [2.24, 2.45) is 0 Å². The van der Waals surface area contributed by atoms with Gasteiger partial charge in [-0.25, -0.2) is 4.98 Å². The highest BCUT2D eigenvalue weighted by Gasteiger charge is 2.37. The first-order valence-corrected chi connectivity index (χ1v) is 12.5. The SMILES string of the molecule is O=C(N[C@@H]1CCOc2cccnc21)c1cccc(NC2(c3nc(-c4ccncc4)n[nH]3)CCNCC2)c1. The average molecular weight is 497 g/mol. The molecule has 0 saturated carbocycles. The van der Waals surface area contributed by atoms with E-state index in [9.17, 15) is 4.79 Å². The smallest absolute Gasteiger partial charge is 0.251 e. The molecule has 1 atom stereocenters. The van der Waals surface area contributed by atoms with Crippen molar-refractivity contribution in [3.63, 3.8) is 0 Å². The number of aromatic nitrogens is 5. The molecule has 1 amide bonds. The Kier molecular flexibility index (Phi) is 6.23. The highest BCUT2D eigenvalue weighted by molar-refractivity contribution is 5.95. The Hall–Kier alpha value is -4.31. The van der Waals surface area contributed by atoms with E-state index in [1.165, 1.54) is 0 Å². The minimum atomic E-state index is -0.442. The van der Waals surface area contributed by atoms with Gasteiger partial charge in [0.1, 0.15) is 11.4 Å². The molecule has 10 nitrogen and oxygen atoms in total. The van der Waals surface area contributed by atoms with Gasteiger partial charge in [0.05, 0.1) is 18.2 Å². The van der Waals surface area contributed by atoms with Crippen LogP contribution in [0.1, 0.15) is 47.2 Å². The molecule has 10 heteroatoms. The van der Waals surface area contributed by atoms with Crippen molar-refractivity contribution >= 4 is 11.6 Å². The molecule has 3 aromatic heterocycles. The number of ether oxygens (including phenoxy) is 1. The molecule has 0 radical (unpaired) electrons. The minimum absolute atomic E-state index is 0.147. The lowest BCUT2D eigenvalue weighted by Gasteiger charge is -2.37. The summed E-state index contributed by atoms with van der Waals surface area (Å²) in [6, 6.07) is 14.9. The zero-order chi connectivity index (χ0) is 25.1. The van der Waals surface area contributed by atoms with Crippen LogP contribution in [0.15, 0.2) is 67.1 Å². The van der Waals surface area contributed by atoms with Gasteiger partial charge in [-0.3, -0.25) is 19.9 Å². The molecule has 1 fully saturated rings. The summed E-state index contributed by atoms with van der Waals surface area (Å²) in [5.41, 5.74) is 2.65. The standard InChI is InChI=1S/C27H28N8O2/c36-25(31-21-8-16-37-22-5-2-11-30-23(21)22)19-3-1-4-20(17-19)33-27(9-14-29-15-10-27)26-32-24(34-35-26)18-6-12-28-13-7-18/h1-7,11-13,17,21,29,33H,8-10,14-16H2,(H,31,36)(H,32,34,35)/t21-/m1/s1. The number of hydrogen-bond donors (Lipinski definition) is 4. The van der Waals surface area contributed by atoms with Crippen LogP contribution in [-0.4, -0.2) is 50.8 Å². The van der Waals surface area contributed by atoms with Crippen LogP contribution in [0.5, 0.6) is 5.75 Å². The van der Waals surface area contributed by atoms with Gasteiger partial charge in [-0.2, -0.15) is 5.10 Å². The third-order valence-electron chi connectivity index (χ3n) is 6.94. The number of benzene rings is 1. The van der Waals surface area contributed by atoms with Crippen LogP contribution >= 0.6 is 0 Å². The van der Waals surface area contributed by atoms with Crippen molar-refractivity contribution in [3.05, 3.63) is 84.2 Å². The Morgan fingerprint density at radius 2 is 1.92 bits per heavy atom. The monoisotopic (exact) mass is 496 g/mol. The van der Waals surface area contributed by atoms with Crippen LogP contribution in [0.25, 0.3) is 11.4 Å². The Bertz CT molecular complexity index is 1380. The second-order valence-corrected chi connectivity index (χ2v) is 9.33. The number of hydrogen-bond acceptors (Lipinski definition) is 8. The lowest BCUT2D eigenvalue weighted by atomic mass is 9.87. The zero-order valence-corrected chi connectivity index (χ0v) is 20.3. The van der Waals surface area contributed by atoms with E-state index in [-0.39, 0.29) is 11.9 Å². The molecule has 1 aromatic carbocycles. The van der Waals surface area contributed by atoms with Crippen molar-refractivity contribution in [3.8, 4) is 17.1 Å². The minimum Gasteiger partial charge on any atom is -0.491 e. The molecule has 188 valence electrons. The summed E-state index contributed by atoms with van der Waals surface area (Å²) in [7, 11) is 0. The number of piperidine rings is 1. The van der Waals surface area contributed by atoms with E-state index in [4.69, 9.17) is 9.72 Å². The predicted octanol–water partition coefficient (Wildman–Crippen LogP) is 3.21. The van der Waals surface area contributed by atoms with E-state index in [2.05, 4.69) is 36.1 Å². The number of nitrogens with zero attached hydrogens (tertiary/aromatic N) is 4. The van der Waals surface area contributed by atoms with Crippen molar-refractivity contribution in [1.82, 2.24) is 35.8 Å². The predicted molar refractivity (Wildman–Crippen MR) is 138 cm³/mol. The number of aromatic amines is 1. The Morgan fingerprint density at radius 1 is 1.05 bits per heavy atom. The molecular formula is C27H28N8O2. The molecule has 5 heterocycles. The van der Waals surface area contributed by atoms with E-state index >= 15 is 0 Å². The number of nitrogens with one attached hydrogen (secondary N) is 4. The third kappa shape index (κ3) is 4.75. The number of amides is 1. The first-order chi connectivity index (χ1) is 18.2. The van der Waals surface area contributed by atoms with Gasteiger partial charge < -0.3 is 20.7 Å². The van der Waals surface area contributed by atoms with Gasteiger partial charge >= 0.3 is 0 Å². The Balaban J connectivity index is 1.23. The Morgan fingerprint density at radius 3 is 2.78 bits per heavy atom. The van der Waals surface area contributed by atoms with E-state index in [0.717, 1.165) is 54.4 Å². The van der Waals surface area contributed by atoms with Crippen LogP contribution in [0.3, 0.4) is 0 Å². The number of H-pyrrole nitrogens is 1. The van der Waals surface area contributed by atoms with Crippen molar-refractivity contribution < 1.29 is 9.53 Å². The molecule has 1 saturated heterocycles. The molecule has 2 aliphatic rings. The lowest BCUT2D eigenvalue weighted by molar-refractivity contribution is 0.0923. The second-order valence-electron chi connectivity index (χ2n) is 9.33. The maximum Gasteiger partial charge on any atom is 0.251 e. The third-order valence-corrected chi connectivity index (χ3v) is 6.94. The number of fused-ring (bicyclic) bond motifs is 1. The molecule has 37 heavy (non-hydrogen) atoms. The van der Waals surface area contributed by atoms with Gasteiger partial charge in [0, 0.05) is 41.8 Å². The number of anilines is 1. The second kappa shape index (κ2) is 9.98. The number of carbonyl (C=O) groups excluding carboxylic acids is 1. The number of rotatable bonds is 6. The lowest BCUT2D eigenvalue weighted by Crippen LogP contribution is -2.46. The normalized spacial score (nSPS) is 18.3. The molecule has 4 N–H and O–H groups in total. The van der Waals surface area contributed by atoms with Crippen molar-refractivity contribution in [1.29, 1.82) is 0 Å². The van der Waals surface area contributed by atoms with Gasteiger partial charge in [0.25, 0.3) is 5.91 Å². The van der Waals surface area contributed by atoms with E-state index in [0.29, 0.717) is 24.4 Å². The number of carbonyl (C=O) groups is 1. The summed E-state index contributed by atoms with van der Waals surface area (Å²) in [5.74, 6) is 1.99. The molecule has 4 aromatic rings. The van der Waals surface area contributed by atoms with Crippen LogP contribution in [0.2, 0.25) is 0 Å². The van der Waals surface area contributed by atoms with Gasteiger partial charge in [-0.1, -0.05) is 6.07 Å². The van der Waals surface area contributed by atoms with Gasteiger partial charge in [0.15, 0.2) is 11.6 Å². The summed E-state index contributed by atoms with van der Waals surface area (Å²) in [5, 5.41) is 17.9. The molecular weight excluding hydrogens is 468 g/mol. The fourth-order valence-electron chi connectivity index (χ4n) is 4.99. The van der Waals surface area contributed by atoms with E-state index in [1.54, 1.807) is 18.6 Å².